The highest BCUT2D eigenvalue weighted by atomic mass is 32.2. The van der Waals surface area contributed by atoms with Crippen molar-refractivity contribution >= 4 is 35.1 Å². The molecule has 1 aliphatic heterocycles. The van der Waals surface area contributed by atoms with Crippen LogP contribution in [0.15, 0.2) is 39.1 Å². The summed E-state index contributed by atoms with van der Waals surface area (Å²) in [7, 11) is 1.71. The molecule has 2 aromatic rings. The quantitative estimate of drug-likeness (QED) is 0.670. The molecule has 7 heteroatoms. The molecular formula is C17H19N3O2S2. The second-order valence-electron chi connectivity index (χ2n) is 5.87. The molecule has 0 aliphatic carbocycles. The Morgan fingerprint density at radius 1 is 1.42 bits per heavy atom. The van der Waals surface area contributed by atoms with Gasteiger partial charge in [0.1, 0.15) is 0 Å². The van der Waals surface area contributed by atoms with E-state index < -0.39 is 0 Å². The van der Waals surface area contributed by atoms with Crippen LogP contribution >= 0.6 is 23.5 Å². The number of anilines is 1. The first-order valence-corrected chi connectivity index (χ1v) is 9.56. The Hall–Kier alpha value is -1.73. The Labute approximate surface area is 149 Å². The number of aryl methyl sites for hydroxylation is 1. The summed E-state index contributed by atoms with van der Waals surface area (Å²) in [5, 5.41) is 3.82. The molecule has 1 amide bonds. The third-order valence-electron chi connectivity index (χ3n) is 3.75. The van der Waals surface area contributed by atoms with Gasteiger partial charge >= 0.3 is 0 Å². The lowest BCUT2D eigenvalue weighted by Crippen LogP contribution is -2.23. The van der Waals surface area contributed by atoms with Gasteiger partial charge < -0.3 is 5.32 Å². The molecule has 3 rings (SSSR count). The molecule has 5 nitrogen and oxygen atoms in total. The predicted octanol–water partition coefficient (Wildman–Crippen LogP) is 2.86. The highest BCUT2D eigenvalue weighted by molar-refractivity contribution is 8.00. The smallest absolute Gasteiger partial charge is 0.267 e. The van der Waals surface area contributed by atoms with Crippen molar-refractivity contribution in [3.63, 3.8) is 0 Å². The number of benzene rings is 1. The minimum Gasteiger partial charge on any atom is -0.325 e. The van der Waals surface area contributed by atoms with Gasteiger partial charge in [-0.15, -0.1) is 11.8 Å². The molecule has 0 bridgehead atoms. The summed E-state index contributed by atoms with van der Waals surface area (Å²) in [6.45, 7) is 4.09. The van der Waals surface area contributed by atoms with Crippen molar-refractivity contribution in [2.24, 2.45) is 7.05 Å². The predicted molar refractivity (Wildman–Crippen MR) is 99.0 cm³/mol. The number of carbonyl (C=O) groups excluding carboxylic acids is 1. The Bertz CT molecular complexity index is 831. The van der Waals surface area contributed by atoms with E-state index in [4.69, 9.17) is 0 Å². The molecular weight excluding hydrogens is 342 g/mol. The number of fused-ring (bicyclic) bond motifs is 1. The minimum atomic E-state index is -0.110. The number of rotatable bonds is 4. The van der Waals surface area contributed by atoms with Crippen LogP contribution in [0.25, 0.3) is 0 Å². The van der Waals surface area contributed by atoms with E-state index in [0.29, 0.717) is 10.4 Å². The van der Waals surface area contributed by atoms with Crippen LogP contribution in [-0.4, -0.2) is 26.5 Å². The Kier molecular flexibility index (Phi) is 5.01. The number of thioether (sulfide) groups is 2. The van der Waals surface area contributed by atoms with Crippen LogP contribution in [0.4, 0.5) is 5.69 Å². The zero-order valence-corrected chi connectivity index (χ0v) is 15.5. The molecule has 2 heterocycles. The van der Waals surface area contributed by atoms with Crippen LogP contribution in [0.3, 0.4) is 0 Å². The van der Waals surface area contributed by atoms with Crippen LogP contribution in [0.2, 0.25) is 0 Å². The fraction of sp³-hybridized carbons (Fsp3) is 0.353. The number of nitrogens with zero attached hydrogens (tertiary/aromatic N) is 2. The Balaban J connectivity index is 1.68. The van der Waals surface area contributed by atoms with Gasteiger partial charge in [0, 0.05) is 24.4 Å². The van der Waals surface area contributed by atoms with Gasteiger partial charge in [-0.3, -0.25) is 14.2 Å². The van der Waals surface area contributed by atoms with Crippen LogP contribution in [0.1, 0.15) is 18.2 Å². The zero-order chi connectivity index (χ0) is 17.3. The van der Waals surface area contributed by atoms with Gasteiger partial charge in [-0.1, -0.05) is 36.4 Å². The molecule has 0 saturated carbocycles. The van der Waals surface area contributed by atoms with Crippen molar-refractivity contribution in [3.8, 4) is 0 Å². The van der Waals surface area contributed by atoms with E-state index in [1.54, 1.807) is 18.8 Å². The van der Waals surface area contributed by atoms with E-state index in [1.807, 2.05) is 31.2 Å². The van der Waals surface area contributed by atoms with Crippen molar-refractivity contribution in [1.82, 2.24) is 9.55 Å². The average Bonchev–Trinajstić information content (AvgIpc) is 2.92. The fourth-order valence-corrected chi connectivity index (χ4v) is 4.40. The third-order valence-corrected chi connectivity index (χ3v) is 5.99. The molecule has 1 aromatic carbocycles. The number of aromatic nitrogens is 2. The topological polar surface area (TPSA) is 64.0 Å². The van der Waals surface area contributed by atoms with Crippen LogP contribution in [0, 0.1) is 6.92 Å². The second-order valence-corrected chi connectivity index (χ2v) is 8.26. The lowest BCUT2D eigenvalue weighted by atomic mass is 10.2. The number of carbonyl (C=O) groups is 1. The van der Waals surface area contributed by atoms with Gasteiger partial charge in [0.05, 0.1) is 16.3 Å². The van der Waals surface area contributed by atoms with E-state index in [2.05, 4.69) is 17.2 Å². The fourth-order valence-electron chi connectivity index (χ4n) is 2.47. The standard InChI is InChI=1S/C17H19N3O2S2/c1-10-4-6-12(7-5-10)18-14(21)9-23-17-19-13-8-11(2)24-15(13)16(22)20(17)3/h4-7,11H,8-9H2,1-3H3,(H,18,21)/t11-/m0/s1. The van der Waals surface area contributed by atoms with E-state index in [-0.39, 0.29) is 17.2 Å². The molecule has 0 fully saturated rings. The molecule has 1 aromatic heterocycles. The van der Waals surface area contributed by atoms with E-state index in [1.165, 1.54) is 16.3 Å². The summed E-state index contributed by atoms with van der Waals surface area (Å²) in [5.74, 6) is 0.108. The molecule has 1 N–H and O–H groups in total. The van der Waals surface area contributed by atoms with Gasteiger partial charge in [0.25, 0.3) is 5.56 Å². The zero-order valence-electron chi connectivity index (χ0n) is 13.8. The lowest BCUT2D eigenvalue weighted by molar-refractivity contribution is -0.113. The SMILES string of the molecule is Cc1ccc(NC(=O)CSc2nc3c(c(=O)n2C)S[C@@H](C)C3)cc1. The normalized spacial score (nSPS) is 16.0. The summed E-state index contributed by atoms with van der Waals surface area (Å²) in [5.41, 5.74) is 2.76. The van der Waals surface area contributed by atoms with Crippen molar-refractivity contribution in [1.29, 1.82) is 0 Å². The lowest BCUT2D eigenvalue weighted by Gasteiger charge is -2.09. The Morgan fingerprint density at radius 2 is 2.12 bits per heavy atom. The van der Waals surface area contributed by atoms with Gasteiger partial charge in [-0.2, -0.15) is 0 Å². The highest BCUT2D eigenvalue weighted by Gasteiger charge is 2.25. The van der Waals surface area contributed by atoms with Crippen molar-refractivity contribution in [3.05, 3.63) is 45.9 Å². The second kappa shape index (κ2) is 7.03. The highest BCUT2D eigenvalue weighted by Crippen LogP contribution is 2.33. The van der Waals surface area contributed by atoms with Gasteiger partial charge in [0.15, 0.2) is 5.16 Å². The monoisotopic (exact) mass is 361 g/mol. The average molecular weight is 361 g/mol. The first-order chi connectivity index (χ1) is 11.4. The maximum Gasteiger partial charge on any atom is 0.267 e. The van der Waals surface area contributed by atoms with Gasteiger partial charge in [-0.05, 0) is 19.1 Å². The minimum absolute atomic E-state index is 0.0178. The van der Waals surface area contributed by atoms with Crippen LogP contribution < -0.4 is 10.9 Å². The summed E-state index contributed by atoms with van der Waals surface area (Å²) in [6, 6.07) is 7.65. The molecule has 1 atom stereocenters. The summed E-state index contributed by atoms with van der Waals surface area (Å²) in [4.78, 5) is 29.8. The number of hydrogen-bond acceptors (Lipinski definition) is 5. The van der Waals surface area contributed by atoms with Crippen LogP contribution in [0.5, 0.6) is 0 Å². The summed E-state index contributed by atoms with van der Waals surface area (Å²) in [6.07, 6.45) is 0.805. The van der Waals surface area contributed by atoms with Crippen molar-refractivity contribution < 1.29 is 4.79 Å². The van der Waals surface area contributed by atoms with Gasteiger partial charge in [0.2, 0.25) is 5.91 Å². The molecule has 0 saturated heterocycles. The van der Waals surface area contributed by atoms with Crippen molar-refractivity contribution in [2.45, 2.75) is 35.6 Å². The maximum atomic E-state index is 12.4. The number of nitrogens with one attached hydrogen (secondary N) is 1. The molecule has 0 unspecified atom stereocenters. The largest absolute Gasteiger partial charge is 0.325 e. The molecule has 1 aliphatic rings. The first kappa shape index (κ1) is 17.1. The number of amides is 1. The van der Waals surface area contributed by atoms with E-state index in [0.717, 1.165) is 28.3 Å². The molecule has 0 spiro atoms. The number of hydrogen-bond donors (Lipinski definition) is 1. The van der Waals surface area contributed by atoms with Crippen molar-refractivity contribution in [2.75, 3.05) is 11.1 Å². The molecule has 126 valence electrons. The van der Waals surface area contributed by atoms with Gasteiger partial charge in [-0.25, -0.2) is 4.98 Å². The summed E-state index contributed by atoms with van der Waals surface area (Å²) >= 11 is 2.87. The Morgan fingerprint density at radius 3 is 2.83 bits per heavy atom. The molecule has 24 heavy (non-hydrogen) atoms. The maximum absolute atomic E-state index is 12.4. The van der Waals surface area contributed by atoms with E-state index >= 15 is 0 Å². The first-order valence-electron chi connectivity index (χ1n) is 7.70. The van der Waals surface area contributed by atoms with Crippen LogP contribution in [-0.2, 0) is 18.3 Å². The van der Waals surface area contributed by atoms with E-state index in [9.17, 15) is 9.59 Å². The summed E-state index contributed by atoms with van der Waals surface area (Å²) < 4.78 is 1.54. The third kappa shape index (κ3) is 3.67. The molecule has 0 radical (unpaired) electrons.